The molecule has 3 aliphatic carbocycles. The number of ketones is 1. The fourth-order valence-corrected chi connectivity index (χ4v) is 5.69. The van der Waals surface area contributed by atoms with E-state index in [1.807, 2.05) is 0 Å². The predicted octanol–water partition coefficient (Wildman–Crippen LogP) is 4.31. The minimum absolute atomic E-state index is 0.314. The third-order valence-electron chi connectivity index (χ3n) is 6.83. The van der Waals surface area contributed by atoms with Crippen LogP contribution in [0.4, 0.5) is 0 Å². The number of methoxy groups -OCH3 is 1. The number of carbonyl (C=O) groups is 2. The lowest BCUT2D eigenvalue weighted by Gasteiger charge is -2.43. The molecule has 3 aliphatic rings. The summed E-state index contributed by atoms with van der Waals surface area (Å²) in [7, 11) is 1.67. The average Bonchev–Trinajstić information content (AvgIpc) is 3.06. The van der Waals surface area contributed by atoms with Crippen molar-refractivity contribution in [1.29, 1.82) is 0 Å². The maximum Gasteiger partial charge on any atom is 0.330 e. The van der Waals surface area contributed by atoms with E-state index in [-0.39, 0.29) is 5.97 Å². The van der Waals surface area contributed by atoms with E-state index < -0.39 is 0 Å². The van der Waals surface area contributed by atoms with Crippen LogP contribution in [0.15, 0.2) is 18.2 Å². The molecule has 0 aromatic heterocycles. The zero-order chi connectivity index (χ0) is 19.0. The minimum Gasteiger partial charge on any atom is -0.496 e. The SMILES string of the molecule is CCOC(=O)/C=C/c1cc2c(cc1OC)CC[C@H]1[C@@H]3CCC(=O)[C@H]3CC[C@H]21. The second kappa shape index (κ2) is 7.49. The van der Waals surface area contributed by atoms with E-state index in [0.717, 1.165) is 43.4 Å². The van der Waals surface area contributed by atoms with Crippen molar-refractivity contribution in [1.82, 2.24) is 0 Å². The van der Waals surface area contributed by atoms with Gasteiger partial charge in [-0.05, 0) is 86.1 Å². The van der Waals surface area contributed by atoms with Crippen LogP contribution in [0, 0.1) is 17.8 Å². The molecule has 4 atom stereocenters. The van der Waals surface area contributed by atoms with Gasteiger partial charge >= 0.3 is 5.97 Å². The van der Waals surface area contributed by atoms with Gasteiger partial charge in [-0.25, -0.2) is 4.79 Å². The standard InChI is InChI=1S/C23H28O4/c1-3-27-23(25)11-5-15-12-20-14(13-22(15)26-2)4-6-16-17-9-10-21(24)19(17)8-7-18(16)20/h5,11-13,16-19H,3-4,6-10H2,1-2H3/b11-5+/t16-,17-,18-,19-/m0/s1. The molecule has 0 spiro atoms. The van der Waals surface area contributed by atoms with Gasteiger partial charge < -0.3 is 9.47 Å². The van der Waals surface area contributed by atoms with Crippen LogP contribution in [0.2, 0.25) is 0 Å². The van der Waals surface area contributed by atoms with Crippen LogP contribution in [0.1, 0.15) is 61.6 Å². The lowest BCUT2D eigenvalue weighted by atomic mass is 9.60. The molecule has 0 aliphatic heterocycles. The molecule has 144 valence electrons. The maximum absolute atomic E-state index is 12.2. The monoisotopic (exact) mass is 368 g/mol. The van der Waals surface area contributed by atoms with Crippen LogP contribution < -0.4 is 4.74 Å². The van der Waals surface area contributed by atoms with E-state index in [2.05, 4.69) is 12.1 Å². The number of fused-ring (bicyclic) bond motifs is 5. The molecule has 0 unspecified atom stereocenters. The predicted molar refractivity (Wildman–Crippen MR) is 104 cm³/mol. The van der Waals surface area contributed by atoms with Gasteiger partial charge in [-0.3, -0.25) is 4.79 Å². The lowest BCUT2D eigenvalue weighted by molar-refractivity contribution is -0.137. The van der Waals surface area contributed by atoms with E-state index >= 15 is 0 Å². The fraction of sp³-hybridized carbons (Fsp3) is 0.565. The highest BCUT2D eigenvalue weighted by molar-refractivity contribution is 5.87. The quantitative estimate of drug-likeness (QED) is 0.587. The van der Waals surface area contributed by atoms with Gasteiger partial charge in [0.25, 0.3) is 0 Å². The van der Waals surface area contributed by atoms with Crippen molar-refractivity contribution in [2.75, 3.05) is 13.7 Å². The van der Waals surface area contributed by atoms with Crippen LogP contribution >= 0.6 is 0 Å². The van der Waals surface area contributed by atoms with Crippen molar-refractivity contribution in [3.05, 3.63) is 34.9 Å². The molecule has 0 N–H and O–H groups in total. The van der Waals surface area contributed by atoms with E-state index in [1.165, 1.54) is 23.6 Å². The van der Waals surface area contributed by atoms with E-state index in [0.29, 0.717) is 36.1 Å². The Kier molecular flexibility index (Phi) is 5.07. The summed E-state index contributed by atoms with van der Waals surface area (Å²) in [5.41, 5.74) is 3.69. The Morgan fingerprint density at radius 3 is 2.63 bits per heavy atom. The van der Waals surface area contributed by atoms with E-state index in [1.54, 1.807) is 20.1 Å². The van der Waals surface area contributed by atoms with Crippen LogP contribution in [0.25, 0.3) is 6.08 Å². The maximum atomic E-state index is 12.2. The van der Waals surface area contributed by atoms with Crippen LogP contribution in [-0.4, -0.2) is 25.5 Å². The number of benzene rings is 1. The highest BCUT2D eigenvalue weighted by atomic mass is 16.5. The van der Waals surface area contributed by atoms with Crippen molar-refractivity contribution in [2.45, 2.75) is 51.4 Å². The summed E-state index contributed by atoms with van der Waals surface area (Å²) in [6, 6.07) is 4.35. The molecule has 0 bridgehead atoms. The van der Waals surface area contributed by atoms with Gasteiger partial charge in [-0.15, -0.1) is 0 Å². The van der Waals surface area contributed by atoms with Crippen molar-refractivity contribution in [3.8, 4) is 5.75 Å². The molecule has 0 radical (unpaired) electrons. The summed E-state index contributed by atoms with van der Waals surface area (Å²) in [5, 5.41) is 0. The number of rotatable bonds is 4. The first-order chi connectivity index (χ1) is 13.1. The van der Waals surface area contributed by atoms with Gasteiger partial charge in [0.15, 0.2) is 0 Å². The Labute approximate surface area is 160 Å². The Hall–Kier alpha value is -2.10. The molecule has 4 nitrogen and oxygen atoms in total. The molecule has 1 aromatic rings. The van der Waals surface area contributed by atoms with Crippen molar-refractivity contribution in [3.63, 3.8) is 0 Å². The molecule has 0 amide bonds. The Balaban J connectivity index is 1.65. The second-order valence-corrected chi connectivity index (χ2v) is 8.04. The largest absolute Gasteiger partial charge is 0.496 e. The molecule has 0 saturated heterocycles. The Morgan fingerprint density at radius 1 is 1.11 bits per heavy atom. The normalized spacial score (nSPS) is 29.2. The molecular weight excluding hydrogens is 340 g/mol. The summed E-state index contributed by atoms with van der Waals surface area (Å²) in [5.74, 6) is 3.01. The third-order valence-corrected chi connectivity index (χ3v) is 6.83. The Bertz CT molecular complexity index is 779. The number of carbonyl (C=O) groups excluding carboxylic acids is 2. The van der Waals surface area contributed by atoms with Crippen molar-refractivity contribution in [2.24, 2.45) is 17.8 Å². The van der Waals surface area contributed by atoms with Crippen molar-refractivity contribution < 1.29 is 19.1 Å². The van der Waals surface area contributed by atoms with Crippen molar-refractivity contribution >= 4 is 17.8 Å². The number of hydrogen-bond donors (Lipinski definition) is 0. The van der Waals surface area contributed by atoms with Crippen LogP contribution in [0.5, 0.6) is 5.75 Å². The summed E-state index contributed by atoms with van der Waals surface area (Å²) in [6.45, 7) is 2.17. The van der Waals surface area contributed by atoms with Crippen LogP contribution in [0.3, 0.4) is 0 Å². The topological polar surface area (TPSA) is 52.6 Å². The fourth-order valence-electron chi connectivity index (χ4n) is 5.69. The summed E-state index contributed by atoms with van der Waals surface area (Å²) >= 11 is 0. The lowest BCUT2D eigenvalue weighted by Crippen LogP contribution is -2.35. The van der Waals surface area contributed by atoms with E-state index in [9.17, 15) is 9.59 Å². The molecule has 1 aromatic carbocycles. The highest BCUT2D eigenvalue weighted by Gasteiger charge is 2.47. The molecular formula is C23H28O4. The zero-order valence-corrected chi connectivity index (χ0v) is 16.2. The Morgan fingerprint density at radius 2 is 1.85 bits per heavy atom. The first kappa shape index (κ1) is 18.3. The molecule has 27 heavy (non-hydrogen) atoms. The highest BCUT2D eigenvalue weighted by Crippen LogP contribution is 2.54. The number of hydrogen-bond acceptors (Lipinski definition) is 4. The minimum atomic E-state index is -0.333. The number of ether oxygens (including phenoxy) is 2. The third kappa shape index (κ3) is 3.30. The molecule has 2 saturated carbocycles. The van der Waals surface area contributed by atoms with Gasteiger partial charge in [0, 0.05) is 24.0 Å². The van der Waals surface area contributed by atoms with Gasteiger partial charge in [-0.2, -0.15) is 0 Å². The summed E-state index contributed by atoms with van der Waals surface area (Å²) in [6.07, 6.45) is 9.47. The first-order valence-corrected chi connectivity index (χ1v) is 10.2. The van der Waals surface area contributed by atoms with Gasteiger partial charge in [0.1, 0.15) is 11.5 Å². The average molecular weight is 368 g/mol. The van der Waals surface area contributed by atoms with E-state index in [4.69, 9.17) is 9.47 Å². The number of Topliss-reactive ketones (excluding diaryl/α,β-unsaturated/α-hetero) is 1. The number of aryl methyl sites for hydroxylation is 1. The van der Waals surface area contributed by atoms with Gasteiger partial charge in [0.2, 0.25) is 0 Å². The summed E-state index contributed by atoms with van der Waals surface area (Å²) in [4.78, 5) is 23.9. The first-order valence-electron chi connectivity index (χ1n) is 10.2. The van der Waals surface area contributed by atoms with Gasteiger partial charge in [-0.1, -0.05) is 0 Å². The van der Waals surface area contributed by atoms with Gasteiger partial charge in [0.05, 0.1) is 13.7 Å². The smallest absolute Gasteiger partial charge is 0.330 e. The zero-order valence-electron chi connectivity index (χ0n) is 16.2. The molecule has 4 heteroatoms. The molecule has 0 heterocycles. The number of esters is 1. The summed E-state index contributed by atoms with van der Waals surface area (Å²) < 4.78 is 10.6. The van der Waals surface area contributed by atoms with Crippen LogP contribution in [-0.2, 0) is 20.7 Å². The molecule has 2 fully saturated rings. The second-order valence-electron chi connectivity index (χ2n) is 8.04. The molecule has 4 rings (SSSR count).